The minimum atomic E-state index is -0.557. The van der Waals surface area contributed by atoms with Crippen LogP contribution in [-0.4, -0.2) is 22.8 Å². The molecule has 1 aromatic carbocycles. The number of halogens is 1. The number of hydrogen-bond acceptors (Lipinski definition) is 2. The van der Waals surface area contributed by atoms with Crippen LogP contribution in [0.2, 0.25) is 0 Å². The Balaban J connectivity index is 1.82. The second kappa shape index (κ2) is 5.69. The van der Waals surface area contributed by atoms with Crippen molar-refractivity contribution in [2.24, 2.45) is 4.99 Å². The van der Waals surface area contributed by atoms with Crippen LogP contribution in [0.3, 0.4) is 0 Å². The van der Waals surface area contributed by atoms with Crippen molar-refractivity contribution in [1.82, 2.24) is 0 Å². The smallest absolute Gasteiger partial charge is 0.269 e. The van der Waals surface area contributed by atoms with E-state index in [2.05, 4.69) is 4.99 Å². The van der Waals surface area contributed by atoms with Gasteiger partial charge in [0.05, 0.1) is 6.10 Å². The molecule has 0 spiro atoms. The Labute approximate surface area is 105 Å². The Bertz CT molecular complexity index is 508. The van der Waals surface area contributed by atoms with Gasteiger partial charge in [0.1, 0.15) is 5.82 Å². The van der Waals surface area contributed by atoms with Crippen molar-refractivity contribution in [3.05, 3.63) is 47.8 Å². The molecule has 94 valence electrons. The molecule has 0 saturated carbocycles. The molecule has 1 aliphatic heterocycles. The first-order valence-electron chi connectivity index (χ1n) is 5.85. The molecule has 18 heavy (non-hydrogen) atoms. The van der Waals surface area contributed by atoms with Crippen molar-refractivity contribution >= 4 is 11.6 Å². The standard InChI is InChI=1S/C14H14FNO2/c15-11-3-1-2-10(8-11)9-13(17)6-4-12-5-7-14(18)16-12/h1-3,5,7-8,13,17H,4,6,9H2. The molecular formula is C14H14FNO2. The van der Waals surface area contributed by atoms with Crippen molar-refractivity contribution < 1.29 is 14.3 Å². The lowest BCUT2D eigenvalue weighted by Crippen LogP contribution is -2.12. The number of carbonyl (C=O) groups is 1. The predicted octanol–water partition coefficient (Wildman–Crippen LogP) is 2.05. The van der Waals surface area contributed by atoms with Gasteiger partial charge in [0.15, 0.2) is 0 Å². The average molecular weight is 247 g/mol. The van der Waals surface area contributed by atoms with Gasteiger partial charge in [-0.1, -0.05) is 12.1 Å². The third-order valence-corrected chi connectivity index (χ3v) is 2.77. The van der Waals surface area contributed by atoms with Crippen molar-refractivity contribution in [1.29, 1.82) is 0 Å². The van der Waals surface area contributed by atoms with E-state index in [1.165, 1.54) is 18.2 Å². The van der Waals surface area contributed by atoms with Crippen molar-refractivity contribution in [3.8, 4) is 0 Å². The molecule has 1 heterocycles. The molecule has 1 unspecified atom stereocenters. The molecule has 1 atom stereocenters. The van der Waals surface area contributed by atoms with Crippen LogP contribution in [0.15, 0.2) is 41.4 Å². The van der Waals surface area contributed by atoms with E-state index in [4.69, 9.17) is 0 Å². The summed E-state index contributed by atoms with van der Waals surface area (Å²) >= 11 is 0. The van der Waals surface area contributed by atoms with Gasteiger partial charge in [0.25, 0.3) is 5.91 Å². The van der Waals surface area contributed by atoms with Crippen molar-refractivity contribution in [2.75, 3.05) is 0 Å². The summed E-state index contributed by atoms with van der Waals surface area (Å²) in [5.41, 5.74) is 1.46. The Hall–Kier alpha value is -1.81. The molecule has 1 aliphatic rings. The van der Waals surface area contributed by atoms with Gasteiger partial charge in [0.2, 0.25) is 0 Å². The lowest BCUT2D eigenvalue weighted by molar-refractivity contribution is -0.113. The van der Waals surface area contributed by atoms with Crippen molar-refractivity contribution in [3.63, 3.8) is 0 Å². The van der Waals surface area contributed by atoms with E-state index >= 15 is 0 Å². The summed E-state index contributed by atoms with van der Waals surface area (Å²) in [7, 11) is 0. The third kappa shape index (κ3) is 3.60. The number of nitrogens with zero attached hydrogens (tertiary/aromatic N) is 1. The lowest BCUT2D eigenvalue weighted by atomic mass is 10.0. The number of benzene rings is 1. The second-order valence-corrected chi connectivity index (χ2v) is 4.30. The Morgan fingerprint density at radius 2 is 2.17 bits per heavy atom. The van der Waals surface area contributed by atoms with Crippen LogP contribution in [0.1, 0.15) is 18.4 Å². The molecule has 0 fully saturated rings. The van der Waals surface area contributed by atoms with E-state index in [0.29, 0.717) is 25.0 Å². The minimum Gasteiger partial charge on any atom is -0.393 e. The third-order valence-electron chi connectivity index (χ3n) is 2.77. The number of hydrogen-bond donors (Lipinski definition) is 1. The van der Waals surface area contributed by atoms with Crippen LogP contribution in [0.25, 0.3) is 0 Å². The highest BCUT2D eigenvalue weighted by Gasteiger charge is 2.10. The molecule has 2 rings (SSSR count). The maximum atomic E-state index is 12.9. The van der Waals surface area contributed by atoms with Gasteiger partial charge in [-0.25, -0.2) is 9.38 Å². The summed E-state index contributed by atoms with van der Waals surface area (Å²) in [6.45, 7) is 0. The quantitative estimate of drug-likeness (QED) is 0.865. The fourth-order valence-corrected chi connectivity index (χ4v) is 1.88. The van der Waals surface area contributed by atoms with Crippen LogP contribution in [0.5, 0.6) is 0 Å². The highest BCUT2D eigenvalue weighted by molar-refractivity contribution is 6.12. The van der Waals surface area contributed by atoms with Gasteiger partial charge in [-0.15, -0.1) is 0 Å². The second-order valence-electron chi connectivity index (χ2n) is 4.30. The zero-order valence-electron chi connectivity index (χ0n) is 9.84. The predicted molar refractivity (Wildman–Crippen MR) is 66.9 cm³/mol. The Morgan fingerprint density at radius 3 is 2.83 bits per heavy atom. The van der Waals surface area contributed by atoms with E-state index < -0.39 is 6.10 Å². The number of allylic oxidation sites excluding steroid dienone is 1. The Morgan fingerprint density at radius 1 is 1.33 bits per heavy atom. The maximum absolute atomic E-state index is 12.9. The summed E-state index contributed by atoms with van der Waals surface area (Å²) in [4.78, 5) is 14.6. The Kier molecular flexibility index (Phi) is 3.99. The summed E-state index contributed by atoms with van der Waals surface area (Å²) in [5, 5.41) is 9.83. The van der Waals surface area contributed by atoms with Crippen LogP contribution < -0.4 is 0 Å². The first-order chi connectivity index (χ1) is 8.63. The summed E-state index contributed by atoms with van der Waals surface area (Å²) in [6, 6.07) is 6.20. The molecule has 0 radical (unpaired) electrons. The molecule has 3 nitrogen and oxygen atoms in total. The summed E-state index contributed by atoms with van der Waals surface area (Å²) < 4.78 is 12.9. The molecule has 0 aliphatic carbocycles. The van der Waals surface area contributed by atoms with Gasteiger partial charge in [0, 0.05) is 11.8 Å². The SMILES string of the molecule is O=C1C=CC(CCC(O)Cc2cccc(F)c2)=N1. The molecule has 1 aromatic rings. The highest BCUT2D eigenvalue weighted by atomic mass is 19.1. The van der Waals surface area contributed by atoms with Crippen LogP contribution in [0.4, 0.5) is 4.39 Å². The van der Waals surface area contributed by atoms with Gasteiger partial charge in [-0.3, -0.25) is 4.79 Å². The monoisotopic (exact) mass is 247 g/mol. The largest absolute Gasteiger partial charge is 0.393 e. The van der Waals surface area contributed by atoms with E-state index in [9.17, 15) is 14.3 Å². The van der Waals surface area contributed by atoms with Crippen LogP contribution >= 0.6 is 0 Å². The van der Waals surface area contributed by atoms with E-state index in [1.807, 2.05) is 0 Å². The number of carbonyl (C=O) groups excluding carboxylic acids is 1. The summed E-state index contributed by atoms with van der Waals surface area (Å²) in [6.07, 6.45) is 3.98. The highest BCUT2D eigenvalue weighted by Crippen LogP contribution is 2.11. The molecule has 0 bridgehead atoms. The fraction of sp³-hybridized carbons (Fsp3) is 0.286. The molecule has 0 aromatic heterocycles. The number of aliphatic imine (C=N–C) groups is 1. The average Bonchev–Trinajstić information content (AvgIpc) is 2.73. The topological polar surface area (TPSA) is 49.7 Å². The molecule has 1 amide bonds. The van der Waals surface area contributed by atoms with Gasteiger partial charge in [-0.05, 0) is 43.0 Å². The zero-order chi connectivity index (χ0) is 13.0. The molecular weight excluding hydrogens is 233 g/mol. The van der Waals surface area contributed by atoms with E-state index in [0.717, 1.165) is 5.56 Å². The van der Waals surface area contributed by atoms with E-state index in [1.54, 1.807) is 18.2 Å². The number of amides is 1. The normalized spacial score (nSPS) is 15.9. The van der Waals surface area contributed by atoms with Gasteiger partial charge < -0.3 is 5.11 Å². The molecule has 4 heteroatoms. The lowest BCUT2D eigenvalue weighted by Gasteiger charge is -2.10. The zero-order valence-corrected chi connectivity index (χ0v) is 9.84. The number of aliphatic hydroxyl groups excluding tert-OH is 1. The number of aliphatic hydroxyl groups is 1. The number of rotatable bonds is 5. The van der Waals surface area contributed by atoms with Gasteiger partial charge >= 0.3 is 0 Å². The van der Waals surface area contributed by atoms with E-state index in [-0.39, 0.29) is 11.7 Å². The minimum absolute atomic E-state index is 0.246. The first kappa shape index (κ1) is 12.6. The molecule has 0 saturated heterocycles. The fourth-order valence-electron chi connectivity index (χ4n) is 1.88. The van der Waals surface area contributed by atoms with Crippen LogP contribution in [0, 0.1) is 5.82 Å². The van der Waals surface area contributed by atoms with Crippen molar-refractivity contribution in [2.45, 2.75) is 25.4 Å². The maximum Gasteiger partial charge on any atom is 0.269 e. The molecule has 1 N–H and O–H groups in total. The summed E-state index contributed by atoms with van der Waals surface area (Å²) in [5.74, 6) is -0.544. The van der Waals surface area contributed by atoms with Crippen LogP contribution in [-0.2, 0) is 11.2 Å². The first-order valence-corrected chi connectivity index (χ1v) is 5.85. The van der Waals surface area contributed by atoms with Gasteiger partial charge in [-0.2, -0.15) is 0 Å².